The van der Waals surface area contributed by atoms with Crippen molar-refractivity contribution in [3.8, 4) is 0 Å². The highest BCUT2D eigenvalue weighted by Gasteiger charge is 2.15. The third kappa shape index (κ3) is 2.12. The number of carbonyl (C=O) groups is 1. The summed E-state index contributed by atoms with van der Waals surface area (Å²) >= 11 is 0. The molecule has 0 aliphatic carbocycles. The summed E-state index contributed by atoms with van der Waals surface area (Å²) < 4.78 is 1.56. The molecule has 0 saturated heterocycles. The highest BCUT2D eigenvalue weighted by Crippen LogP contribution is 2.14. The van der Waals surface area contributed by atoms with Crippen molar-refractivity contribution in [1.82, 2.24) is 14.6 Å². The van der Waals surface area contributed by atoms with E-state index in [2.05, 4.69) is 10.1 Å². The quantitative estimate of drug-likeness (QED) is 0.824. The SMILES string of the molecule is CC(C)c1nc2ccc(C(N)C(=O)O)cn2n1. The van der Waals surface area contributed by atoms with E-state index in [9.17, 15) is 4.79 Å². The fourth-order valence-corrected chi connectivity index (χ4v) is 1.49. The summed E-state index contributed by atoms with van der Waals surface area (Å²) in [6.07, 6.45) is 1.60. The molecule has 0 amide bonds. The number of fused-ring (bicyclic) bond motifs is 1. The molecule has 2 aromatic heterocycles. The molecule has 3 N–H and O–H groups in total. The fraction of sp³-hybridized carbons (Fsp3) is 0.364. The first-order valence-corrected chi connectivity index (χ1v) is 5.33. The molecule has 1 atom stereocenters. The minimum Gasteiger partial charge on any atom is -0.480 e. The first-order valence-electron chi connectivity index (χ1n) is 5.33. The van der Waals surface area contributed by atoms with E-state index in [4.69, 9.17) is 10.8 Å². The molecule has 0 saturated carbocycles. The van der Waals surface area contributed by atoms with Crippen molar-refractivity contribution in [2.45, 2.75) is 25.8 Å². The van der Waals surface area contributed by atoms with Gasteiger partial charge in [0.1, 0.15) is 6.04 Å². The number of pyridine rings is 1. The van der Waals surface area contributed by atoms with Crippen molar-refractivity contribution in [3.05, 3.63) is 29.7 Å². The second-order valence-electron chi connectivity index (χ2n) is 4.21. The minimum absolute atomic E-state index is 0.228. The molecule has 0 fully saturated rings. The van der Waals surface area contributed by atoms with Crippen LogP contribution in [0, 0.1) is 0 Å². The summed E-state index contributed by atoms with van der Waals surface area (Å²) in [5.74, 6) is -0.105. The Morgan fingerprint density at radius 1 is 1.47 bits per heavy atom. The molecule has 0 radical (unpaired) electrons. The first kappa shape index (κ1) is 11.5. The molecule has 90 valence electrons. The van der Waals surface area contributed by atoms with Crippen molar-refractivity contribution in [1.29, 1.82) is 0 Å². The van der Waals surface area contributed by atoms with Crippen LogP contribution in [0.1, 0.15) is 37.2 Å². The van der Waals surface area contributed by atoms with E-state index in [1.165, 1.54) is 0 Å². The Morgan fingerprint density at radius 3 is 2.76 bits per heavy atom. The maximum Gasteiger partial charge on any atom is 0.325 e. The Labute approximate surface area is 98.1 Å². The predicted octanol–water partition coefficient (Wildman–Crippen LogP) is 0.937. The summed E-state index contributed by atoms with van der Waals surface area (Å²) in [5, 5.41) is 13.1. The van der Waals surface area contributed by atoms with Gasteiger partial charge in [-0.25, -0.2) is 9.50 Å². The van der Waals surface area contributed by atoms with E-state index in [-0.39, 0.29) is 5.92 Å². The molecule has 2 aromatic rings. The Kier molecular flexibility index (Phi) is 2.81. The molecule has 17 heavy (non-hydrogen) atoms. The average molecular weight is 234 g/mol. The van der Waals surface area contributed by atoms with Gasteiger partial charge in [0.25, 0.3) is 0 Å². The number of hydrogen-bond acceptors (Lipinski definition) is 4. The summed E-state index contributed by atoms with van der Waals surface area (Å²) in [6.45, 7) is 4.00. The van der Waals surface area contributed by atoms with Crippen LogP contribution in [-0.4, -0.2) is 25.7 Å². The highest BCUT2D eigenvalue weighted by molar-refractivity contribution is 5.75. The normalized spacial score (nSPS) is 13.2. The monoisotopic (exact) mass is 234 g/mol. The minimum atomic E-state index is -1.06. The van der Waals surface area contributed by atoms with E-state index >= 15 is 0 Å². The van der Waals surface area contributed by atoms with Crippen LogP contribution in [0.5, 0.6) is 0 Å². The van der Waals surface area contributed by atoms with Crippen LogP contribution < -0.4 is 5.73 Å². The number of aliphatic carboxylic acids is 1. The van der Waals surface area contributed by atoms with Crippen molar-refractivity contribution in [2.75, 3.05) is 0 Å². The standard InChI is InChI=1S/C11H14N4O2/c1-6(2)10-13-8-4-3-7(5-15(8)14-10)9(12)11(16)17/h3-6,9H,12H2,1-2H3,(H,16,17). The van der Waals surface area contributed by atoms with E-state index in [0.717, 1.165) is 5.82 Å². The third-order valence-corrected chi connectivity index (χ3v) is 2.51. The topological polar surface area (TPSA) is 93.5 Å². The van der Waals surface area contributed by atoms with Crippen molar-refractivity contribution < 1.29 is 9.90 Å². The number of nitrogens with two attached hydrogens (primary N) is 1. The number of aromatic nitrogens is 3. The fourth-order valence-electron chi connectivity index (χ4n) is 1.49. The van der Waals surface area contributed by atoms with Gasteiger partial charge >= 0.3 is 5.97 Å². The lowest BCUT2D eigenvalue weighted by Crippen LogP contribution is -2.21. The largest absolute Gasteiger partial charge is 0.480 e. The Morgan fingerprint density at radius 2 is 2.18 bits per heavy atom. The molecule has 6 heteroatoms. The lowest BCUT2D eigenvalue weighted by molar-refractivity contribution is -0.138. The third-order valence-electron chi connectivity index (χ3n) is 2.51. The van der Waals surface area contributed by atoms with Gasteiger partial charge in [-0.1, -0.05) is 19.9 Å². The average Bonchev–Trinajstić information content (AvgIpc) is 2.70. The van der Waals surface area contributed by atoms with Crippen molar-refractivity contribution in [2.24, 2.45) is 5.73 Å². The summed E-state index contributed by atoms with van der Waals surface area (Å²) in [4.78, 5) is 15.1. The van der Waals surface area contributed by atoms with Crippen molar-refractivity contribution >= 4 is 11.6 Å². The zero-order valence-corrected chi connectivity index (χ0v) is 9.66. The van der Waals surface area contributed by atoms with Gasteiger partial charge in [-0.3, -0.25) is 4.79 Å². The van der Waals surface area contributed by atoms with E-state index < -0.39 is 12.0 Å². The smallest absolute Gasteiger partial charge is 0.325 e. The lowest BCUT2D eigenvalue weighted by atomic mass is 10.1. The Hall–Kier alpha value is -1.95. The summed E-state index contributed by atoms with van der Waals surface area (Å²) in [5.41, 5.74) is 6.73. The number of nitrogens with zero attached hydrogens (tertiary/aromatic N) is 3. The van der Waals surface area contributed by atoms with Gasteiger partial charge < -0.3 is 10.8 Å². The first-order chi connectivity index (χ1) is 7.99. The van der Waals surface area contributed by atoms with Crippen LogP contribution in [0.15, 0.2) is 18.3 Å². The zero-order chi connectivity index (χ0) is 12.6. The molecule has 2 rings (SSSR count). The Bertz CT molecular complexity index is 562. The van der Waals surface area contributed by atoms with Gasteiger partial charge in [-0.05, 0) is 11.6 Å². The molecule has 6 nitrogen and oxygen atoms in total. The van der Waals surface area contributed by atoms with Crippen LogP contribution in [0.2, 0.25) is 0 Å². The lowest BCUT2D eigenvalue weighted by Gasteiger charge is -2.05. The van der Waals surface area contributed by atoms with Gasteiger partial charge in [0.2, 0.25) is 0 Å². The zero-order valence-electron chi connectivity index (χ0n) is 9.66. The molecule has 2 heterocycles. The van der Waals surface area contributed by atoms with Gasteiger partial charge in [-0.2, -0.15) is 5.10 Å². The second-order valence-corrected chi connectivity index (χ2v) is 4.21. The summed E-state index contributed by atoms with van der Waals surface area (Å²) in [7, 11) is 0. The van der Waals surface area contributed by atoms with E-state index in [0.29, 0.717) is 11.2 Å². The molecule has 1 unspecified atom stereocenters. The van der Waals surface area contributed by atoms with Gasteiger partial charge in [0.05, 0.1) is 0 Å². The molecular weight excluding hydrogens is 220 g/mol. The number of carboxylic acid groups (broad SMARTS) is 1. The maximum atomic E-state index is 10.8. The number of rotatable bonds is 3. The molecular formula is C11H14N4O2. The molecule has 0 aliphatic heterocycles. The van der Waals surface area contributed by atoms with Crippen molar-refractivity contribution in [3.63, 3.8) is 0 Å². The van der Waals surface area contributed by atoms with Gasteiger partial charge in [0.15, 0.2) is 11.5 Å². The van der Waals surface area contributed by atoms with Gasteiger partial charge in [0, 0.05) is 12.1 Å². The summed E-state index contributed by atoms with van der Waals surface area (Å²) in [6, 6.07) is 2.34. The van der Waals surface area contributed by atoms with Crippen LogP contribution in [-0.2, 0) is 4.79 Å². The maximum absolute atomic E-state index is 10.8. The Balaban J connectivity index is 2.46. The number of hydrogen-bond donors (Lipinski definition) is 2. The van der Waals surface area contributed by atoms with E-state index in [1.807, 2.05) is 13.8 Å². The van der Waals surface area contributed by atoms with Crippen LogP contribution in [0.25, 0.3) is 5.65 Å². The molecule has 0 bridgehead atoms. The van der Waals surface area contributed by atoms with Gasteiger partial charge in [-0.15, -0.1) is 0 Å². The predicted molar refractivity (Wildman–Crippen MR) is 61.6 cm³/mol. The molecule has 0 aliphatic rings. The van der Waals surface area contributed by atoms with Crippen LogP contribution >= 0.6 is 0 Å². The highest BCUT2D eigenvalue weighted by atomic mass is 16.4. The molecule has 0 aromatic carbocycles. The van der Waals surface area contributed by atoms with Crippen LogP contribution in [0.3, 0.4) is 0 Å². The number of carboxylic acids is 1. The van der Waals surface area contributed by atoms with Crippen LogP contribution in [0.4, 0.5) is 0 Å². The van der Waals surface area contributed by atoms with E-state index in [1.54, 1.807) is 22.8 Å². The second kappa shape index (κ2) is 4.14. The molecule has 0 spiro atoms.